The molecule has 90 valence electrons. The van der Waals surface area contributed by atoms with Crippen molar-refractivity contribution in [3.05, 3.63) is 39.7 Å². The van der Waals surface area contributed by atoms with Crippen LogP contribution in [0.3, 0.4) is 0 Å². The second-order valence-corrected chi connectivity index (χ2v) is 4.62. The molecule has 6 heteroatoms. The van der Waals surface area contributed by atoms with E-state index in [0.717, 1.165) is 9.26 Å². The summed E-state index contributed by atoms with van der Waals surface area (Å²) in [6.07, 6.45) is 3.43. The van der Waals surface area contributed by atoms with Crippen LogP contribution in [0.25, 0.3) is 0 Å². The van der Waals surface area contributed by atoms with E-state index in [9.17, 15) is 0 Å². The van der Waals surface area contributed by atoms with Gasteiger partial charge in [0.15, 0.2) is 0 Å². The molecule has 0 atom stereocenters. The van der Waals surface area contributed by atoms with Crippen molar-refractivity contribution in [1.29, 1.82) is 5.26 Å². The standard InChI is InChI=1S/C12H9IN4O/c1-18-11-4-8(5-14)2-3-10(11)17-12-15-6-9(13)7-16-12/h2-4,6-7H,1H3,(H,15,16,17). The minimum Gasteiger partial charge on any atom is -0.495 e. The summed E-state index contributed by atoms with van der Waals surface area (Å²) in [6.45, 7) is 0. The Balaban J connectivity index is 2.29. The lowest BCUT2D eigenvalue weighted by Crippen LogP contribution is -1.99. The second kappa shape index (κ2) is 5.64. The number of rotatable bonds is 3. The molecule has 2 rings (SSSR count). The van der Waals surface area contributed by atoms with Crippen LogP contribution in [0.5, 0.6) is 5.75 Å². The second-order valence-electron chi connectivity index (χ2n) is 3.38. The highest BCUT2D eigenvalue weighted by molar-refractivity contribution is 14.1. The molecule has 0 aliphatic rings. The monoisotopic (exact) mass is 352 g/mol. The molecule has 0 aliphatic carbocycles. The van der Waals surface area contributed by atoms with Gasteiger partial charge in [0.05, 0.1) is 24.4 Å². The Bertz CT molecular complexity index is 592. The van der Waals surface area contributed by atoms with Gasteiger partial charge in [-0.05, 0) is 34.7 Å². The molecule has 0 aliphatic heterocycles. The Labute approximate surface area is 118 Å². The van der Waals surface area contributed by atoms with Crippen LogP contribution >= 0.6 is 22.6 Å². The van der Waals surface area contributed by atoms with E-state index in [-0.39, 0.29) is 0 Å². The minimum atomic E-state index is 0.485. The van der Waals surface area contributed by atoms with Crippen molar-refractivity contribution in [3.8, 4) is 11.8 Å². The van der Waals surface area contributed by atoms with E-state index < -0.39 is 0 Å². The summed E-state index contributed by atoms with van der Waals surface area (Å²) in [7, 11) is 1.55. The average Bonchev–Trinajstić information content (AvgIpc) is 2.41. The zero-order chi connectivity index (χ0) is 13.0. The van der Waals surface area contributed by atoms with Crippen LogP contribution in [0, 0.1) is 14.9 Å². The van der Waals surface area contributed by atoms with Crippen molar-refractivity contribution in [2.45, 2.75) is 0 Å². The molecule has 0 saturated carbocycles. The first-order valence-corrected chi connectivity index (χ1v) is 6.13. The molecule has 5 nitrogen and oxygen atoms in total. The van der Waals surface area contributed by atoms with Gasteiger partial charge in [0.25, 0.3) is 0 Å². The van der Waals surface area contributed by atoms with E-state index in [1.807, 2.05) is 0 Å². The van der Waals surface area contributed by atoms with Gasteiger partial charge in [-0.25, -0.2) is 9.97 Å². The Morgan fingerprint density at radius 3 is 2.67 bits per heavy atom. The van der Waals surface area contributed by atoms with Crippen molar-refractivity contribution in [2.75, 3.05) is 12.4 Å². The maximum Gasteiger partial charge on any atom is 0.227 e. The number of anilines is 2. The zero-order valence-corrected chi connectivity index (χ0v) is 11.7. The van der Waals surface area contributed by atoms with Crippen molar-refractivity contribution >= 4 is 34.2 Å². The largest absolute Gasteiger partial charge is 0.495 e. The van der Waals surface area contributed by atoms with Gasteiger partial charge in [0.1, 0.15) is 5.75 Å². The molecule has 0 saturated heterocycles. The SMILES string of the molecule is COc1cc(C#N)ccc1Nc1ncc(I)cn1. The van der Waals surface area contributed by atoms with E-state index in [0.29, 0.717) is 17.3 Å². The molecule has 1 N–H and O–H groups in total. The van der Waals surface area contributed by atoms with Gasteiger partial charge in [-0.1, -0.05) is 0 Å². The predicted molar refractivity (Wildman–Crippen MR) is 75.7 cm³/mol. The molecule has 2 aromatic rings. The Kier molecular flexibility index (Phi) is 3.94. The third-order valence-electron chi connectivity index (χ3n) is 2.20. The Hall–Kier alpha value is -1.88. The number of hydrogen-bond acceptors (Lipinski definition) is 5. The number of nitrogens with one attached hydrogen (secondary N) is 1. The van der Waals surface area contributed by atoms with Gasteiger partial charge in [-0.3, -0.25) is 0 Å². The number of benzene rings is 1. The quantitative estimate of drug-likeness (QED) is 0.861. The molecule has 0 radical (unpaired) electrons. The van der Waals surface area contributed by atoms with E-state index >= 15 is 0 Å². The summed E-state index contributed by atoms with van der Waals surface area (Å²) in [5, 5.41) is 11.9. The fourth-order valence-electron chi connectivity index (χ4n) is 1.36. The maximum absolute atomic E-state index is 8.82. The topological polar surface area (TPSA) is 70.8 Å². The molecule has 1 heterocycles. The van der Waals surface area contributed by atoms with Crippen LogP contribution in [0.2, 0.25) is 0 Å². The first-order valence-electron chi connectivity index (χ1n) is 5.05. The number of ether oxygens (including phenoxy) is 1. The normalized spacial score (nSPS) is 9.61. The summed E-state index contributed by atoms with van der Waals surface area (Å²) in [5.41, 5.74) is 1.26. The highest BCUT2D eigenvalue weighted by Crippen LogP contribution is 2.27. The van der Waals surface area contributed by atoms with Gasteiger partial charge in [-0.2, -0.15) is 5.26 Å². The van der Waals surface area contributed by atoms with Crippen molar-refractivity contribution in [2.24, 2.45) is 0 Å². The first kappa shape index (κ1) is 12.6. The van der Waals surface area contributed by atoms with Crippen LogP contribution in [-0.4, -0.2) is 17.1 Å². The van der Waals surface area contributed by atoms with E-state index in [1.54, 1.807) is 37.7 Å². The maximum atomic E-state index is 8.82. The summed E-state index contributed by atoms with van der Waals surface area (Å²) in [4.78, 5) is 8.28. The highest BCUT2D eigenvalue weighted by Gasteiger charge is 2.06. The zero-order valence-electron chi connectivity index (χ0n) is 9.51. The van der Waals surface area contributed by atoms with Crippen molar-refractivity contribution in [3.63, 3.8) is 0 Å². The predicted octanol–water partition coefficient (Wildman–Crippen LogP) is 2.71. The van der Waals surface area contributed by atoms with Gasteiger partial charge >= 0.3 is 0 Å². The molecular formula is C12H9IN4O. The number of nitriles is 1. The van der Waals surface area contributed by atoms with Crippen LogP contribution in [0.1, 0.15) is 5.56 Å². The molecule has 18 heavy (non-hydrogen) atoms. The Morgan fingerprint density at radius 2 is 2.06 bits per heavy atom. The molecule has 1 aromatic heterocycles. The highest BCUT2D eigenvalue weighted by atomic mass is 127. The van der Waals surface area contributed by atoms with Gasteiger partial charge in [0, 0.05) is 22.0 Å². The van der Waals surface area contributed by atoms with Crippen molar-refractivity contribution < 1.29 is 4.74 Å². The smallest absolute Gasteiger partial charge is 0.227 e. The van der Waals surface area contributed by atoms with Crippen LogP contribution in [0.15, 0.2) is 30.6 Å². The molecular weight excluding hydrogens is 343 g/mol. The minimum absolute atomic E-state index is 0.485. The number of aromatic nitrogens is 2. The lowest BCUT2D eigenvalue weighted by atomic mass is 10.2. The lowest BCUT2D eigenvalue weighted by molar-refractivity contribution is 0.416. The van der Waals surface area contributed by atoms with Gasteiger partial charge < -0.3 is 10.1 Å². The molecule has 0 bridgehead atoms. The van der Waals surface area contributed by atoms with Crippen molar-refractivity contribution in [1.82, 2.24) is 9.97 Å². The van der Waals surface area contributed by atoms with Crippen LogP contribution in [-0.2, 0) is 0 Å². The molecule has 0 spiro atoms. The lowest BCUT2D eigenvalue weighted by Gasteiger charge is -2.09. The van der Waals surface area contributed by atoms with E-state index in [4.69, 9.17) is 10.00 Å². The third-order valence-corrected chi connectivity index (χ3v) is 2.75. The summed E-state index contributed by atoms with van der Waals surface area (Å²) in [5.74, 6) is 1.06. The summed E-state index contributed by atoms with van der Waals surface area (Å²) in [6, 6.07) is 7.19. The van der Waals surface area contributed by atoms with Gasteiger partial charge in [0.2, 0.25) is 5.95 Å². The van der Waals surface area contributed by atoms with Gasteiger partial charge in [-0.15, -0.1) is 0 Å². The summed E-state index contributed by atoms with van der Waals surface area (Å²) < 4.78 is 6.18. The average molecular weight is 352 g/mol. The van der Waals surface area contributed by atoms with E-state index in [2.05, 4.69) is 43.9 Å². The number of nitrogens with zero attached hydrogens (tertiary/aromatic N) is 3. The van der Waals surface area contributed by atoms with Crippen LogP contribution < -0.4 is 10.1 Å². The van der Waals surface area contributed by atoms with E-state index in [1.165, 1.54) is 0 Å². The fraction of sp³-hybridized carbons (Fsp3) is 0.0833. The fourth-order valence-corrected chi connectivity index (χ4v) is 1.64. The number of methoxy groups -OCH3 is 1. The van der Waals surface area contributed by atoms with Crippen LogP contribution in [0.4, 0.5) is 11.6 Å². The summed E-state index contributed by atoms with van der Waals surface area (Å²) >= 11 is 2.14. The molecule has 0 unspecified atom stereocenters. The third kappa shape index (κ3) is 2.87. The first-order chi connectivity index (χ1) is 8.72. The number of halogens is 1. The molecule has 0 amide bonds. The molecule has 1 aromatic carbocycles. The number of hydrogen-bond donors (Lipinski definition) is 1. The Morgan fingerprint density at radius 1 is 1.33 bits per heavy atom. The molecule has 0 fully saturated rings.